The summed E-state index contributed by atoms with van der Waals surface area (Å²) in [5, 5.41) is 10.7. The van der Waals surface area contributed by atoms with Crippen LogP contribution in [0, 0.1) is 0 Å². The van der Waals surface area contributed by atoms with Gasteiger partial charge in [0.15, 0.2) is 0 Å². The van der Waals surface area contributed by atoms with Crippen molar-refractivity contribution in [2.75, 3.05) is 7.05 Å². The summed E-state index contributed by atoms with van der Waals surface area (Å²) in [6.07, 6.45) is 0.666. The molecule has 12 nitrogen and oxygen atoms in total. The van der Waals surface area contributed by atoms with Crippen molar-refractivity contribution in [2.45, 2.75) is 117 Å². The summed E-state index contributed by atoms with van der Waals surface area (Å²) >= 11 is 0. The Morgan fingerprint density at radius 2 is 0.795 bits per heavy atom. The Kier molecular flexibility index (Phi) is 17.3. The number of nitrogens with one attached hydrogen (secondary N) is 4. The van der Waals surface area contributed by atoms with E-state index in [9.17, 15) is 38.4 Å². The molecule has 0 aliphatic heterocycles. The zero-order valence-electron chi connectivity index (χ0n) is 23.9. The molecular weight excluding hydrogens is 508 g/mol. The second kappa shape index (κ2) is 18.9. The number of carbonyl (C=O) groups is 8. The van der Waals surface area contributed by atoms with Gasteiger partial charge in [-0.25, -0.2) is 0 Å². The average Bonchev–Trinajstić information content (AvgIpc) is 2.81. The molecule has 0 radical (unpaired) electrons. The molecule has 0 saturated carbocycles. The second-order valence-corrected chi connectivity index (χ2v) is 10.0. The van der Waals surface area contributed by atoms with Gasteiger partial charge in [-0.15, -0.1) is 0 Å². The number of hydrogen-bond acceptors (Lipinski definition) is 9. The standard InChI is InChI=1S/C27H44N4O8/c1-16(32)7-11-21(15-20(5)36)29-26(38)23(13-9-18(3)34)31-27(39)24(14-10-19(4)35)30-25(37)22(28-6)12-8-17(2)33/h21-24,28H,7-15H2,1-6H3,(H,29,38)(H,30,37)(H,31,39). The zero-order chi connectivity index (χ0) is 30.1. The molecule has 0 heterocycles. The van der Waals surface area contributed by atoms with Crippen molar-refractivity contribution < 1.29 is 38.4 Å². The first-order chi connectivity index (χ1) is 18.2. The molecule has 0 aromatic rings. The average molecular weight is 553 g/mol. The lowest BCUT2D eigenvalue weighted by atomic mass is 10.0. The molecule has 0 aliphatic carbocycles. The minimum Gasteiger partial charge on any atom is -0.351 e. The van der Waals surface area contributed by atoms with Gasteiger partial charge in [-0.1, -0.05) is 0 Å². The van der Waals surface area contributed by atoms with E-state index in [1.54, 1.807) is 7.05 Å². The number of likely N-dealkylation sites (N-methyl/N-ethyl adjacent to an activating group) is 1. The highest BCUT2D eigenvalue weighted by molar-refractivity contribution is 5.94. The molecular formula is C27H44N4O8. The largest absolute Gasteiger partial charge is 0.351 e. The first-order valence-electron chi connectivity index (χ1n) is 13.2. The third-order valence-corrected chi connectivity index (χ3v) is 6.01. The van der Waals surface area contributed by atoms with Crippen LogP contribution in [0.5, 0.6) is 0 Å². The third-order valence-electron chi connectivity index (χ3n) is 6.01. The fourth-order valence-corrected chi connectivity index (χ4v) is 3.78. The molecule has 4 atom stereocenters. The number of carbonyl (C=O) groups excluding carboxylic acids is 8. The van der Waals surface area contributed by atoms with Crippen molar-refractivity contribution in [1.29, 1.82) is 0 Å². The van der Waals surface area contributed by atoms with E-state index in [1.807, 2.05) is 0 Å². The van der Waals surface area contributed by atoms with Crippen LogP contribution in [0.3, 0.4) is 0 Å². The monoisotopic (exact) mass is 552 g/mol. The van der Waals surface area contributed by atoms with Crippen molar-refractivity contribution in [3.63, 3.8) is 0 Å². The van der Waals surface area contributed by atoms with E-state index in [-0.39, 0.29) is 86.7 Å². The predicted octanol–water partition coefficient (Wildman–Crippen LogP) is 0.485. The van der Waals surface area contributed by atoms with Gasteiger partial charge in [-0.05, 0) is 67.3 Å². The Bertz CT molecular complexity index is 917. The normalized spacial score (nSPS) is 13.8. The van der Waals surface area contributed by atoms with Crippen LogP contribution >= 0.6 is 0 Å². The summed E-state index contributed by atoms with van der Waals surface area (Å²) in [4.78, 5) is 96.9. The molecule has 0 spiro atoms. The summed E-state index contributed by atoms with van der Waals surface area (Å²) in [5.74, 6) is -2.70. The Balaban J connectivity index is 5.76. The van der Waals surface area contributed by atoms with Gasteiger partial charge < -0.3 is 40.4 Å². The maximum Gasteiger partial charge on any atom is 0.243 e. The summed E-state index contributed by atoms with van der Waals surface area (Å²) in [5.41, 5.74) is 0. The highest BCUT2D eigenvalue weighted by atomic mass is 16.2. The smallest absolute Gasteiger partial charge is 0.243 e. The van der Waals surface area contributed by atoms with Crippen LogP contribution in [-0.2, 0) is 38.4 Å². The van der Waals surface area contributed by atoms with Crippen molar-refractivity contribution in [3.8, 4) is 0 Å². The van der Waals surface area contributed by atoms with Gasteiger partial charge in [-0.3, -0.25) is 19.2 Å². The minimum atomic E-state index is -1.16. The maximum absolute atomic E-state index is 13.2. The maximum atomic E-state index is 13.2. The number of rotatable bonds is 21. The van der Waals surface area contributed by atoms with Crippen molar-refractivity contribution in [3.05, 3.63) is 0 Å². The van der Waals surface area contributed by atoms with Gasteiger partial charge in [0.05, 0.1) is 6.04 Å². The van der Waals surface area contributed by atoms with E-state index in [0.717, 1.165) is 0 Å². The first-order valence-corrected chi connectivity index (χ1v) is 13.2. The number of hydrogen-bond donors (Lipinski definition) is 4. The minimum absolute atomic E-state index is 0.00461. The summed E-state index contributed by atoms with van der Waals surface area (Å²) in [6.45, 7) is 6.85. The van der Waals surface area contributed by atoms with Crippen LogP contribution in [0.4, 0.5) is 0 Å². The molecule has 4 unspecified atom stereocenters. The van der Waals surface area contributed by atoms with Crippen molar-refractivity contribution in [2.24, 2.45) is 0 Å². The van der Waals surface area contributed by atoms with E-state index in [0.29, 0.717) is 0 Å². The first kappa shape index (κ1) is 35.7. The Morgan fingerprint density at radius 1 is 0.462 bits per heavy atom. The molecule has 0 rings (SSSR count). The second-order valence-electron chi connectivity index (χ2n) is 10.0. The van der Waals surface area contributed by atoms with E-state index in [2.05, 4.69) is 21.3 Å². The lowest BCUT2D eigenvalue weighted by Crippen LogP contribution is -2.57. The predicted molar refractivity (Wildman–Crippen MR) is 144 cm³/mol. The SMILES string of the molecule is CNC(CCC(C)=O)C(=O)NC(CCC(C)=O)C(=O)NC(CCC(C)=O)C(=O)NC(CCC(C)=O)CC(C)=O. The van der Waals surface area contributed by atoms with Gasteiger partial charge >= 0.3 is 0 Å². The number of ketones is 5. The van der Waals surface area contributed by atoms with Gasteiger partial charge in [0.2, 0.25) is 17.7 Å². The quantitative estimate of drug-likeness (QED) is 0.157. The molecule has 0 bridgehead atoms. The van der Waals surface area contributed by atoms with Gasteiger partial charge in [-0.2, -0.15) is 0 Å². The van der Waals surface area contributed by atoms with Crippen molar-refractivity contribution in [1.82, 2.24) is 21.3 Å². The van der Waals surface area contributed by atoms with E-state index in [1.165, 1.54) is 34.6 Å². The van der Waals surface area contributed by atoms with Crippen LogP contribution in [-0.4, -0.2) is 77.9 Å². The molecule has 220 valence electrons. The third kappa shape index (κ3) is 17.0. The van der Waals surface area contributed by atoms with Gasteiger partial charge in [0, 0.05) is 38.1 Å². The molecule has 39 heavy (non-hydrogen) atoms. The van der Waals surface area contributed by atoms with E-state index in [4.69, 9.17) is 0 Å². The van der Waals surface area contributed by atoms with Gasteiger partial charge in [0.25, 0.3) is 0 Å². The Morgan fingerprint density at radius 3 is 1.15 bits per heavy atom. The van der Waals surface area contributed by atoms with Crippen LogP contribution in [0.2, 0.25) is 0 Å². The fourth-order valence-electron chi connectivity index (χ4n) is 3.78. The molecule has 4 N–H and O–H groups in total. The summed E-state index contributed by atoms with van der Waals surface area (Å²) in [7, 11) is 1.54. The molecule has 0 aliphatic rings. The molecule has 3 amide bonds. The van der Waals surface area contributed by atoms with Crippen LogP contribution < -0.4 is 21.3 Å². The Labute approximate surface area is 230 Å². The van der Waals surface area contributed by atoms with Crippen LogP contribution in [0.15, 0.2) is 0 Å². The summed E-state index contributed by atoms with van der Waals surface area (Å²) in [6, 6.07) is -3.72. The zero-order valence-corrected chi connectivity index (χ0v) is 23.9. The lowest BCUT2D eigenvalue weighted by Gasteiger charge is -2.26. The molecule has 12 heteroatoms. The molecule has 0 aromatic heterocycles. The molecule has 0 fully saturated rings. The van der Waals surface area contributed by atoms with E-state index < -0.39 is 41.9 Å². The fraction of sp³-hybridized carbons (Fsp3) is 0.704. The van der Waals surface area contributed by atoms with Gasteiger partial charge in [0.1, 0.15) is 41.0 Å². The lowest BCUT2D eigenvalue weighted by molar-refractivity contribution is -0.133. The highest BCUT2D eigenvalue weighted by Gasteiger charge is 2.30. The Hall–Kier alpha value is -3.28. The summed E-state index contributed by atoms with van der Waals surface area (Å²) < 4.78 is 0. The topological polar surface area (TPSA) is 185 Å². The number of Topliss-reactive ketones (excluding diaryl/α,β-unsaturated/α-hetero) is 5. The van der Waals surface area contributed by atoms with Crippen molar-refractivity contribution >= 4 is 46.6 Å². The number of amides is 3. The molecule has 0 aromatic carbocycles. The van der Waals surface area contributed by atoms with Crippen LogP contribution in [0.25, 0.3) is 0 Å². The molecule has 0 saturated heterocycles. The van der Waals surface area contributed by atoms with Crippen LogP contribution in [0.1, 0.15) is 92.4 Å². The van der Waals surface area contributed by atoms with E-state index >= 15 is 0 Å². The highest BCUT2D eigenvalue weighted by Crippen LogP contribution is 2.09.